The fraction of sp³-hybridized carbons (Fsp3) is 0.462. The predicted molar refractivity (Wildman–Crippen MR) is 65.9 cm³/mol. The van der Waals surface area contributed by atoms with E-state index in [2.05, 4.69) is 24.4 Å². The molecular weight excluding hydrogens is 200 g/mol. The zero-order valence-electron chi connectivity index (χ0n) is 10.3. The number of aromatic hydroxyl groups is 1. The molecule has 1 aliphatic heterocycles. The molecule has 0 aliphatic carbocycles. The normalized spacial score (nSPS) is 18.1. The van der Waals surface area contributed by atoms with E-state index in [0.29, 0.717) is 5.75 Å². The maximum atomic E-state index is 9.94. The van der Waals surface area contributed by atoms with Crippen molar-refractivity contribution in [1.29, 1.82) is 0 Å². The van der Waals surface area contributed by atoms with E-state index in [0.717, 1.165) is 23.3 Å². The highest BCUT2D eigenvalue weighted by atomic mass is 16.3. The Bertz CT molecular complexity index is 461. The zero-order chi connectivity index (χ0) is 11.9. The van der Waals surface area contributed by atoms with Crippen LogP contribution in [0.4, 0.5) is 0 Å². The van der Waals surface area contributed by atoms with Gasteiger partial charge in [0.15, 0.2) is 0 Å². The first-order valence-corrected chi connectivity index (χ1v) is 5.53. The van der Waals surface area contributed by atoms with Crippen LogP contribution in [-0.4, -0.2) is 16.4 Å². The molecule has 1 heterocycles. The van der Waals surface area contributed by atoms with Gasteiger partial charge in [0, 0.05) is 12.0 Å². The van der Waals surface area contributed by atoms with Gasteiger partial charge >= 0.3 is 0 Å². The number of nitrogens with zero attached hydrogens (tertiary/aromatic N) is 1. The van der Waals surface area contributed by atoms with E-state index in [1.807, 2.05) is 19.9 Å². The summed E-state index contributed by atoms with van der Waals surface area (Å²) < 4.78 is 0. The average Bonchev–Trinajstić information content (AvgIpc) is 2.52. The van der Waals surface area contributed by atoms with Gasteiger partial charge in [-0.05, 0) is 51.0 Å². The smallest absolute Gasteiger partial charge is 0.124 e. The number of benzene rings is 1. The molecule has 0 atom stereocenters. The molecule has 0 saturated heterocycles. The van der Waals surface area contributed by atoms with E-state index in [1.165, 1.54) is 5.56 Å². The predicted octanol–water partition coefficient (Wildman–Crippen LogP) is 2.49. The Balaban J connectivity index is 2.39. The maximum absolute atomic E-state index is 9.94. The molecule has 0 radical (unpaired) electrons. The van der Waals surface area contributed by atoms with Crippen LogP contribution in [0.25, 0.3) is 0 Å². The van der Waals surface area contributed by atoms with Crippen molar-refractivity contribution in [2.24, 2.45) is 5.10 Å². The van der Waals surface area contributed by atoms with Gasteiger partial charge < -0.3 is 10.5 Å². The van der Waals surface area contributed by atoms with Crippen LogP contribution in [-0.2, 0) is 0 Å². The molecule has 0 bridgehead atoms. The summed E-state index contributed by atoms with van der Waals surface area (Å²) in [5.74, 6) is 0.321. The van der Waals surface area contributed by atoms with E-state index < -0.39 is 0 Å². The molecule has 2 N–H and O–H groups in total. The number of phenolic OH excluding ortho intramolecular Hbond substituents is 1. The quantitative estimate of drug-likeness (QED) is 0.760. The summed E-state index contributed by atoms with van der Waals surface area (Å²) >= 11 is 0. The lowest BCUT2D eigenvalue weighted by atomic mass is 9.94. The molecule has 16 heavy (non-hydrogen) atoms. The second-order valence-electron chi connectivity index (χ2n) is 5.18. The molecule has 0 unspecified atom stereocenters. The van der Waals surface area contributed by atoms with Crippen LogP contribution >= 0.6 is 0 Å². The number of hydrazone groups is 1. The SMILES string of the molecule is Cc1cc(O)c(C2=NNC(C)(C)C2)cc1C. The second kappa shape index (κ2) is 3.51. The van der Waals surface area contributed by atoms with E-state index in [4.69, 9.17) is 0 Å². The van der Waals surface area contributed by atoms with E-state index in [-0.39, 0.29) is 5.54 Å². The molecule has 0 fully saturated rings. The highest BCUT2D eigenvalue weighted by molar-refractivity contribution is 6.04. The van der Waals surface area contributed by atoms with E-state index in [1.54, 1.807) is 6.07 Å². The topological polar surface area (TPSA) is 44.6 Å². The van der Waals surface area contributed by atoms with Crippen LogP contribution in [0.15, 0.2) is 17.2 Å². The van der Waals surface area contributed by atoms with Crippen LogP contribution in [0.5, 0.6) is 5.75 Å². The molecule has 1 aromatic rings. The molecule has 3 nitrogen and oxygen atoms in total. The number of rotatable bonds is 1. The first-order chi connectivity index (χ1) is 7.39. The lowest BCUT2D eigenvalue weighted by Gasteiger charge is -2.16. The van der Waals surface area contributed by atoms with Gasteiger partial charge in [0.05, 0.1) is 11.3 Å². The van der Waals surface area contributed by atoms with Crippen LogP contribution in [0.1, 0.15) is 37.0 Å². The standard InChI is InChI=1S/C13H18N2O/c1-8-5-10(12(16)6-9(8)2)11-7-13(3,4)15-14-11/h5-6,15-16H,7H2,1-4H3. The Kier molecular flexibility index (Phi) is 2.41. The Hall–Kier alpha value is -1.51. The van der Waals surface area contributed by atoms with Crippen molar-refractivity contribution in [2.75, 3.05) is 0 Å². The zero-order valence-corrected chi connectivity index (χ0v) is 10.3. The minimum absolute atomic E-state index is 0.0133. The summed E-state index contributed by atoms with van der Waals surface area (Å²) in [6, 6.07) is 3.81. The fourth-order valence-electron chi connectivity index (χ4n) is 1.90. The van der Waals surface area contributed by atoms with Crippen molar-refractivity contribution >= 4 is 5.71 Å². The average molecular weight is 218 g/mol. The van der Waals surface area contributed by atoms with Crippen LogP contribution < -0.4 is 5.43 Å². The molecule has 2 rings (SSSR count). The molecule has 0 saturated carbocycles. The summed E-state index contributed by atoms with van der Waals surface area (Å²) in [4.78, 5) is 0. The van der Waals surface area contributed by atoms with Crippen molar-refractivity contribution in [3.05, 3.63) is 28.8 Å². The molecule has 0 amide bonds. The van der Waals surface area contributed by atoms with E-state index >= 15 is 0 Å². The summed E-state index contributed by atoms with van der Waals surface area (Å²) in [6.07, 6.45) is 0.836. The summed E-state index contributed by atoms with van der Waals surface area (Å²) in [5.41, 5.74) is 7.14. The monoisotopic (exact) mass is 218 g/mol. The van der Waals surface area contributed by atoms with Gasteiger partial charge in [-0.15, -0.1) is 0 Å². The number of hydrogen-bond acceptors (Lipinski definition) is 3. The molecule has 0 spiro atoms. The third-order valence-corrected chi connectivity index (χ3v) is 3.03. The van der Waals surface area contributed by atoms with Gasteiger partial charge in [-0.3, -0.25) is 0 Å². The van der Waals surface area contributed by atoms with Gasteiger partial charge in [-0.1, -0.05) is 0 Å². The van der Waals surface area contributed by atoms with Crippen LogP contribution in [0.2, 0.25) is 0 Å². The Morgan fingerprint density at radius 1 is 1.25 bits per heavy atom. The largest absolute Gasteiger partial charge is 0.507 e. The third-order valence-electron chi connectivity index (χ3n) is 3.03. The van der Waals surface area contributed by atoms with Gasteiger partial charge in [0.25, 0.3) is 0 Å². The van der Waals surface area contributed by atoms with Gasteiger partial charge in [-0.2, -0.15) is 5.10 Å². The second-order valence-corrected chi connectivity index (χ2v) is 5.18. The minimum atomic E-state index is -0.0133. The summed E-state index contributed by atoms with van der Waals surface area (Å²) in [6.45, 7) is 8.24. The first-order valence-electron chi connectivity index (χ1n) is 5.53. The van der Waals surface area contributed by atoms with Crippen molar-refractivity contribution in [1.82, 2.24) is 5.43 Å². The van der Waals surface area contributed by atoms with Crippen molar-refractivity contribution in [2.45, 2.75) is 39.7 Å². The Labute approximate surface area is 96.2 Å². The highest BCUT2D eigenvalue weighted by Crippen LogP contribution is 2.28. The number of nitrogens with one attached hydrogen (secondary N) is 1. The number of hydrogen-bond donors (Lipinski definition) is 2. The van der Waals surface area contributed by atoms with Gasteiger partial charge in [-0.25, -0.2) is 0 Å². The van der Waals surface area contributed by atoms with Gasteiger partial charge in [0.1, 0.15) is 5.75 Å². The number of aryl methyl sites for hydroxylation is 2. The lowest BCUT2D eigenvalue weighted by molar-refractivity contribution is 0.446. The minimum Gasteiger partial charge on any atom is -0.507 e. The van der Waals surface area contributed by atoms with Crippen molar-refractivity contribution in [3.8, 4) is 5.75 Å². The molecule has 0 aromatic heterocycles. The molecule has 1 aliphatic rings. The summed E-state index contributed by atoms with van der Waals surface area (Å²) in [7, 11) is 0. The Morgan fingerprint density at radius 3 is 2.44 bits per heavy atom. The molecule has 3 heteroatoms. The third kappa shape index (κ3) is 1.90. The maximum Gasteiger partial charge on any atom is 0.124 e. The molecular formula is C13H18N2O. The fourth-order valence-corrected chi connectivity index (χ4v) is 1.90. The van der Waals surface area contributed by atoms with Crippen LogP contribution in [0.3, 0.4) is 0 Å². The first kappa shape index (κ1) is 11.0. The van der Waals surface area contributed by atoms with Crippen molar-refractivity contribution < 1.29 is 5.11 Å². The Morgan fingerprint density at radius 2 is 1.88 bits per heavy atom. The molecule has 86 valence electrons. The van der Waals surface area contributed by atoms with Gasteiger partial charge in [0.2, 0.25) is 0 Å². The van der Waals surface area contributed by atoms with E-state index in [9.17, 15) is 5.11 Å². The van der Waals surface area contributed by atoms with Crippen molar-refractivity contribution in [3.63, 3.8) is 0 Å². The highest BCUT2D eigenvalue weighted by Gasteiger charge is 2.27. The van der Waals surface area contributed by atoms with Crippen LogP contribution in [0, 0.1) is 13.8 Å². The molecule has 1 aromatic carbocycles. The number of phenols is 1. The summed E-state index contributed by atoms with van der Waals surface area (Å²) in [5, 5.41) is 14.2. The lowest BCUT2D eigenvalue weighted by Crippen LogP contribution is -2.30.